The molecule has 36 heavy (non-hydrogen) atoms. The number of hydrogen-bond acceptors (Lipinski definition) is 8. The molecular formula is C25H31ClN6O4. The van der Waals surface area contributed by atoms with Crippen LogP contribution in [0, 0.1) is 5.92 Å². The second kappa shape index (κ2) is 13.0. The Morgan fingerprint density at radius 2 is 2.17 bits per heavy atom. The number of carbonyl (C=O) groups is 2. The summed E-state index contributed by atoms with van der Waals surface area (Å²) >= 11 is 6.03. The molecule has 1 atom stereocenters. The molecule has 1 saturated heterocycles. The number of halogens is 1. The number of likely N-dealkylation sites (tertiary alicyclic amines) is 1. The molecule has 1 aliphatic heterocycles. The van der Waals surface area contributed by atoms with Crippen LogP contribution in [0.3, 0.4) is 0 Å². The number of hydrogen-bond donors (Lipinski definition) is 1. The van der Waals surface area contributed by atoms with E-state index in [1.807, 2.05) is 25.9 Å². The number of aliphatic imine (C=N–C) groups is 1. The van der Waals surface area contributed by atoms with Crippen molar-refractivity contribution >= 4 is 41.3 Å². The van der Waals surface area contributed by atoms with Crippen molar-refractivity contribution in [3.63, 3.8) is 0 Å². The molecule has 1 N–H and O–H groups in total. The maximum Gasteiger partial charge on any atom is 0.254 e. The standard InChI is InChI=1S/C25H31ClN6O4/c1-5-22(33)29-20-8-7-18(13-21(20)36-12-11-31(3)4)24(34)32-10-9-17(16-32)14-27-25-28-15-19(26)23(30-25)35-6-2/h5,7-8,13-15,17H,1,6,9-12,16H2,2-4H3,(H,29,33)/b27-14+. The molecule has 2 heterocycles. The van der Waals surface area contributed by atoms with E-state index < -0.39 is 0 Å². The minimum Gasteiger partial charge on any atom is -0.490 e. The van der Waals surface area contributed by atoms with E-state index in [1.54, 1.807) is 29.3 Å². The Kier molecular flexibility index (Phi) is 9.77. The molecule has 0 aliphatic carbocycles. The lowest BCUT2D eigenvalue weighted by molar-refractivity contribution is -0.111. The van der Waals surface area contributed by atoms with Gasteiger partial charge < -0.3 is 24.6 Å². The van der Waals surface area contributed by atoms with E-state index in [1.165, 1.54) is 12.3 Å². The van der Waals surface area contributed by atoms with Crippen LogP contribution in [0.4, 0.5) is 11.6 Å². The first kappa shape index (κ1) is 27.1. The topological polar surface area (TPSA) is 109 Å². The number of benzene rings is 1. The molecule has 0 saturated carbocycles. The molecule has 1 aliphatic rings. The van der Waals surface area contributed by atoms with Gasteiger partial charge in [0.15, 0.2) is 0 Å². The summed E-state index contributed by atoms with van der Waals surface area (Å²) in [5, 5.41) is 3.05. The fourth-order valence-electron chi connectivity index (χ4n) is 3.49. The summed E-state index contributed by atoms with van der Waals surface area (Å²) in [6.07, 6.45) is 5.16. The fourth-order valence-corrected chi connectivity index (χ4v) is 3.64. The number of likely N-dealkylation sites (N-methyl/N-ethyl adjacent to an activating group) is 1. The number of nitrogens with zero attached hydrogens (tertiary/aromatic N) is 5. The van der Waals surface area contributed by atoms with E-state index in [2.05, 4.69) is 26.9 Å². The predicted molar refractivity (Wildman–Crippen MR) is 140 cm³/mol. The average molecular weight is 515 g/mol. The predicted octanol–water partition coefficient (Wildman–Crippen LogP) is 3.46. The highest BCUT2D eigenvalue weighted by molar-refractivity contribution is 6.31. The minimum absolute atomic E-state index is 0.0609. The third-order valence-electron chi connectivity index (χ3n) is 5.36. The zero-order chi connectivity index (χ0) is 26.1. The molecule has 2 aromatic rings. The summed E-state index contributed by atoms with van der Waals surface area (Å²) in [5.74, 6) is 0.564. The van der Waals surface area contributed by atoms with E-state index in [-0.39, 0.29) is 23.7 Å². The lowest BCUT2D eigenvalue weighted by atomic mass is 10.1. The van der Waals surface area contributed by atoms with Crippen LogP contribution in [0.1, 0.15) is 23.7 Å². The summed E-state index contributed by atoms with van der Waals surface area (Å²) in [6.45, 7) is 7.95. The molecule has 1 aromatic heterocycles. The lowest BCUT2D eigenvalue weighted by Gasteiger charge is -2.18. The van der Waals surface area contributed by atoms with Gasteiger partial charge in [-0.3, -0.25) is 9.59 Å². The molecule has 0 radical (unpaired) electrons. The first-order valence-corrected chi connectivity index (χ1v) is 12.0. The van der Waals surface area contributed by atoms with Crippen molar-refractivity contribution in [3.05, 3.63) is 47.6 Å². The molecule has 11 heteroatoms. The maximum absolute atomic E-state index is 13.2. The monoisotopic (exact) mass is 514 g/mol. The zero-order valence-electron chi connectivity index (χ0n) is 20.7. The van der Waals surface area contributed by atoms with E-state index >= 15 is 0 Å². The summed E-state index contributed by atoms with van der Waals surface area (Å²) in [6, 6.07) is 5.01. The maximum atomic E-state index is 13.2. The molecule has 1 unspecified atom stereocenters. The number of nitrogens with one attached hydrogen (secondary N) is 1. The van der Waals surface area contributed by atoms with Crippen LogP contribution in [0.2, 0.25) is 5.02 Å². The Hall–Kier alpha value is -3.50. The minimum atomic E-state index is -0.355. The summed E-state index contributed by atoms with van der Waals surface area (Å²) in [7, 11) is 3.88. The van der Waals surface area contributed by atoms with Gasteiger partial charge >= 0.3 is 0 Å². The molecule has 10 nitrogen and oxygen atoms in total. The Bertz CT molecular complexity index is 1120. The number of rotatable bonds is 11. The number of amides is 2. The van der Waals surface area contributed by atoms with Crippen molar-refractivity contribution in [3.8, 4) is 11.6 Å². The molecule has 3 rings (SSSR count). The SMILES string of the molecule is C=CC(=O)Nc1ccc(C(=O)N2CCC(/C=N/c3ncc(Cl)c(OCC)n3)C2)cc1OCCN(C)C. The first-order valence-electron chi connectivity index (χ1n) is 11.6. The molecule has 0 bridgehead atoms. The Morgan fingerprint density at radius 1 is 1.36 bits per heavy atom. The van der Waals surface area contributed by atoms with Crippen LogP contribution >= 0.6 is 11.6 Å². The molecule has 1 fully saturated rings. The van der Waals surface area contributed by atoms with Gasteiger partial charge in [-0.15, -0.1) is 0 Å². The lowest BCUT2D eigenvalue weighted by Crippen LogP contribution is -2.29. The quantitative estimate of drug-likeness (QED) is 0.361. The fraction of sp³-hybridized carbons (Fsp3) is 0.400. The van der Waals surface area contributed by atoms with E-state index in [0.29, 0.717) is 60.8 Å². The molecular weight excluding hydrogens is 484 g/mol. The van der Waals surface area contributed by atoms with E-state index in [0.717, 1.165) is 6.42 Å². The number of aromatic nitrogens is 2. The van der Waals surface area contributed by atoms with Crippen molar-refractivity contribution in [1.29, 1.82) is 0 Å². The third kappa shape index (κ3) is 7.50. The van der Waals surface area contributed by atoms with Gasteiger partial charge in [0.25, 0.3) is 11.9 Å². The number of carbonyl (C=O) groups excluding carboxylic acids is 2. The normalized spacial score (nSPS) is 15.4. The van der Waals surface area contributed by atoms with Crippen molar-refractivity contribution in [1.82, 2.24) is 19.8 Å². The second-order valence-electron chi connectivity index (χ2n) is 8.39. The highest BCUT2D eigenvalue weighted by Crippen LogP contribution is 2.28. The highest BCUT2D eigenvalue weighted by atomic mass is 35.5. The van der Waals surface area contributed by atoms with Crippen LogP contribution in [-0.2, 0) is 4.79 Å². The second-order valence-corrected chi connectivity index (χ2v) is 8.80. The van der Waals surface area contributed by atoms with Gasteiger partial charge in [0.1, 0.15) is 17.4 Å². The number of ether oxygens (including phenoxy) is 2. The van der Waals surface area contributed by atoms with Crippen molar-refractivity contribution in [2.75, 3.05) is 52.3 Å². The largest absolute Gasteiger partial charge is 0.490 e. The van der Waals surface area contributed by atoms with Gasteiger partial charge in [-0.1, -0.05) is 18.2 Å². The number of anilines is 1. The van der Waals surface area contributed by atoms with Crippen LogP contribution < -0.4 is 14.8 Å². The van der Waals surface area contributed by atoms with Crippen molar-refractivity contribution in [2.24, 2.45) is 10.9 Å². The van der Waals surface area contributed by atoms with Gasteiger partial charge in [-0.05, 0) is 51.7 Å². The van der Waals surface area contributed by atoms with E-state index in [4.69, 9.17) is 21.1 Å². The smallest absolute Gasteiger partial charge is 0.254 e. The Labute approximate surface area is 216 Å². The Morgan fingerprint density at radius 3 is 2.89 bits per heavy atom. The summed E-state index contributed by atoms with van der Waals surface area (Å²) in [4.78, 5) is 41.4. The Balaban J connectivity index is 1.68. The first-order chi connectivity index (χ1) is 17.3. The van der Waals surface area contributed by atoms with Gasteiger partial charge in [-0.2, -0.15) is 4.98 Å². The highest BCUT2D eigenvalue weighted by Gasteiger charge is 2.27. The van der Waals surface area contributed by atoms with Gasteiger partial charge in [0, 0.05) is 37.3 Å². The zero-order valence-corrected chi connectivity index (χ0v) is 21.5. The van der Waals surface area contributed by atoms with Crippen LogP contribution in [0.5, 0.6) is 11.6 Å². The summed E-state index contributed by atoms with van der Waals surface area (Å²) < 4.78 is 11.3. The van der Waals surface area contributed by atoms with Crippen molar-refractivity contribution in [2.45, 2.75) is 13.3 Å². The van der Waals surface area contributed by atoms with E-state index in [9.17, 15) is 9.59 Å². The van der Waals surface area contributed by atoms with Gasteiger partial charge in [0.2, 0.25) is 11.8 Å². The summed E-state index contributed by atoms with van der Waals surface area (Å²) in [5.41, 5.74) is 0.961. The molecule has 1 aromatic carbocycles. The van der Waals surface area contributed by atoms with Crippen LogP contribution in [0.15, 0.2) is 42.0 Å². The van der Waals surface area contributed by atoms with Crippen molar-refractivity contribution < 1.29 is 19.1 Å². The van der Waals surface area contributed by atoms with Crippen LogP contribution in [0.25, 0.3) is 0 Å². The molecule has 192 valence electrons. The average Bonchev–Trinajstić information content (AvgIpc) is 3.34. The molecule has 0 spiro atoms. The van der Waals surface area contributed by atoms with Gasteiger partial charge in [0.05, 0.1) is 18.5 Å². The third-order valence-corrected chi connectivity index (χ3v) is 5.62. The van der Waals surface area contributed by atoms with Crippen LogP contribution in [-0.4, -0.2) is 84.7 Å². The molecule has 2 amide bonds. The van der Waals surface area contributed by atoms with Gasteiger partial charge in [-0.25, -0.2) is 9.98 Å².